The normalized spacial score (nSPS) is 17.2. The zero-order chi connectivity index (χ0) is 11.5. The Morgan fingerprint density at radius 1 is 1.24 bits per heavy atom. The van der Waals surface area contributed by atoms with Crippen molar-refractivity contribution in [1.29, 1.82) is 0 Å². The molecule has 3 rings (SSSR count). The number of rotatable bonds is 2. The largest absolute Gasteiger partial charge is 0.472 e. The second kappa shape index (κ2) is 4.67. The zero-order valence-corrected chi connectivity index (χ0v) is 9.60. The average molecular weight is 229 g/mol. The summed E-state index contributed by atoms with van der Waals surface area (Å²) in [5, 5.41) is 3.36. The van der Waals surface area contributed by atoms with E-state index in [4.69, 9.17) is 4.42 Å². The van der Waals surface area contributed by atoms with E-state index in [1.807, 2.05) is 18.3 Å². The van der Waals surface area contributed by atoms with Crippen LogP contribution in [0.25, 0.3) is 11.3 Å². The molecule has 0 radical (unpaired) electrons. The van der Waals surface area contributed by atoms with Crippen molar-refractivity contribution in [3.8, 4) is 11.3 Å². The van der Waals surface area contributed by atoms with Gasteiger partial charge in [0.25, 0.3) is 0 Å². The fourth-order valence-electron chi connectivity index (χ4n) is 2.22. The van der Waals surface area contributed by atoms with Gasteiger partial charge in [0.1, 0.15) is 5.82 Å². The number of hydrogen-bond acceptors (Lipinski definition) is 4. The molecule has 0 aromatic carbocycles. The van der Waals surface area contributed by atoms with Crippen LogP contribution in [0.15, 0.2) is 35.3 Å². The fraction of sp³-hybridized carbons (Fsp3) is 0.385. The van der Waals surface area contributed by atoms with Gasteiger partial charge in [-0.2, -0.15) is 0 Å². The first-order valence-corrected chi connectivity index (χ1v) is 6.00. The topological polar surface area (TPSA) is 51.0 Å². The van der Waals surface area contributed by atoms with E-state index in [1.54, 1.807) is 12.5 Å². The minimum atomic E-state index is 0.489. The summed E-state index contributed by atoms with van der Waals surface area (Å²) in [5.41, 5.74) is 1.96. The van der Waals surface area contributed by atoms with Gasteiger partial charge in [0.2, 0.25) is 0 Å². The Hall–Kier alpha value is -1.68. The lowest BCUT2D eigenvalue weighted by Crippen LogP contribution is -2.27. The molecule has 88 valence electrons. The van der Waals surface area contributed by atoms with Crippen LogP contribution in [0.1, 0.15) is 24.6 Å². The van der Waals surface area contributed by atoms with Crippen LogP contribution in [0, 0.1) is 0 Å². The van der Waals surface area contributed by atoms with Gasteiger partial charge in [0.05, 0.1) is 18.2 Å². The zero-order valence-electron chi connectivity index (χ0n) is 9.60. The van der Waals surface area contributed by atoms with E-state index in [0.29, 0.717) is 5.92 Å². The van der Waals surface area contributed by atoms with E-state index in [-0.39, 0.29) is 0 Å². The summed E-state index contributed by atoms with van der Waals surface area (Å²) in [4.78, 5) is 9.04. The molecule has 1 aliphatic rings. The molecule has 2 aromatic heterocycles. The first kappa shape index (κ1) is 10.5. The average Bonchev–Trinajstić information content (AvgIpc) is 2.94. The molecule has 3 heterocycles. The van der Waals surface area contributed by atoms with Gasteiger partial charge in [0.15, 0.2) is 0 Å². The predicted molar refractivity (Wildman–Crippen MR) is 64.6 cm³/mol. The molecule has 0 spiro atoms. The first-order chi connectivity index (χ1) is 8.43. The summed E-state index contributed by atoms with van der Waals surface area (Å²) < 4.78 is 5.08. The molecule has 1 aliphatic heterocycles. The second-order valence-electron chi connectivity index (χ2n) is 4.34. The minimum Gasteiger partial charge on any atom is -0.472 e. The summed E-state index contributed by atoms with van der Waals surface area (Å²) >= 11 is 0. The SMILES string of the molecule is c1cc(-c2ccoc2)nc(C2CCNCC2)n1. The Balaban J connectivity index is 1.88. The van der Waals surface area contributed by atoms with Crippen LogP contribution < -0.4 is 5.32 Å². The predicted octanol–water partition coefficient (Wildman–Crippen LogP) is 2.20. The molecule has 0 unspecified atom stereocenters. The van der Waals surface area contributed by atoms with Crippen molar-refractivity contribution in [3.63, 3.8) is 0 Å². The smallest absolute Gasteiger partial charge is 0.132 e. The van der Waals surface area contributed by atoms with E-state index >= 15 is 0 Å². The standard InChI is InChI=1S/C13H15N3O/c1-5-14-6-2-10(1)13-15-7-3-12(16-13)11-4-8-17-9-11/h3-4,7-10,14H,1-2,5-6H2. The summed E-state index contributed by atoms with van der Waals surface area (Å²) in [6.45, 7) is 2.12. The molecule has 0 amide bonds. The highest BCUT2D eigenvalue weighted by Gasteiger charge is 2.18. The minimum absolute atomic E-state index is 0.489. The summed E-state index contributed by atoms with van der Waals surface area (Å²) in [6.07, 6.45) is 7.46. The molecule has 4 nitrogen and oxygen atoms in total. The van der Waals surface area contributed by atoms with Crippen molar-refractivity contribution in [3.05, 3.63) is 36.7 Å². The number of piperidine rings is 1. The van der Waals surface area contributed by atoms with Crippen molar-refractivity contribution in [2.24, 2.45) is 0 Å². The van der Waals surface area contributed by atoms with Gasteiger partial charge in [-0.25, -0.2) is 9.97 Å². The second-order valence-corrected chi connectivity index (χ2v) is 4.34. The van der Waals surface area contributed by atoms with Gasteiger partial charge in [0, 0.05) is 17.7 Å². The summed E-state index contributed by atoms with van der Waals surface area (Å²) in [6, 6.07) is 3.85. The maximum Gasteiger partial charge on any atom is 0.132 e. The molecule has 0 bridgehead atoms. The number of nitrogens with zero attached hydrogens (tertiary/aromatic N) is 2. The highest BCUT2D eigenvalue weighted by Crippen LogP contribution is 2.24. The van der Waals surface area contributed by atoms with Gasteiger partial charge in [-0.15, -0.1) is 0 Å². The van der Waals surface area contributed by atoms with Crippen LogP contribution >= 0.6 is 0 Å². The maximum atomic E-state index is 5.08. The van der Waals surface area contributed by atoms with E-state index in [0.717, 1.165) is 43.0 Å². The van der Waals surface area contributed by atoms with Gasteiger partial charge < -0.3 is 9.73 Å². The van der Waals surface area contributed by atoms with Crippen LogP contribution in [-0.2, 0) is 0 Å². The number of aromatic nitrogens is 2. The van der Waals surface area contributed by atoms with Crippen LogP contribution in [0.2, 0.25) is 0 Å². The Morgan fingerprint density at radius 3 is 2.88 bits per heavy atom. The van der Waals surface area contributed by atoms with Crippen molar-refractivity contribution in [1.82, 2.24) is 15.3 Å². The molecule has 1 N–H and O–H groups in total. The van der Waals surface area contributed by atoms with Gasteiger partial charge in [-0.3, -0.25) is 0 Å². The number of nitrogens with one attached hydrogen (secondary N) is 1. The molecule has 1 fully saturated rings. The lowest BCUT2D eigenvalue weighted by molar-refractivity contribution is 0.445. The molecule has 2 aromatic rings. The lowest BCUT2D eigenvalue weighted by Gasteiger charge is -2.21. The highest BCUT2D eigenvalue weighted by molar-refractivity contribution is 5.56. The monoisotopic (exact) mass is 229 g/mol. The lowest BCUT2D eigenvalue weighted by atomic mass is 9.97. The van der Waals surface area contributed by atoms with Crippen LogP contribution in [0.3, 0.4) is 0 Å². The third kappa shape index (κ3) is 2.22. The molecule has 0 atom stereocenters. The van der Waals surface area contributed by atoms with Crippen molar-refractivity contribution >= 4 is 0 Å². The molecule has 4 heteroatoms. The third-order valence-electron chi connectivity index (χ3n) is 3.20. The maximum absolute atomic E-state index is 5.08. The molecule has 0 aliphatic carbocycles. The fourth-order valence-corrected chi connectivity index (χ4v) is 2.22. The van der Waals surface area contributed by atoms with Gasteiger partial charge >= 0.3 is 0 Å². The van der Waals surface area contributed by atoms with Gasteiger partial charge in [-0.05, 0) is 38.1 Å². The van der Waals surface area contributed by atoms with Crippen LogP contribution in [0.4, 0.5) is 0 Å². The summed E-state index contributed by atoms with van der Waals surface area (Å²) in [7, 11) is 0. The Morgan fingerprint density at radius 2 is 2.12 bits per heavy atom. The molecule has 17 heavy (non-hydrogen) atoms. The van der Waals surface area contributed by atoms with E-state index in [1.165, 1.54) is 0 Å². The quantitative estimate of drug-likeness (QED) is 0.857. The van der Waals surface area contributed by atoms with E-state index < -0.39 is 0 Å². The summed E-state index contributed by atoms with van der Waals surface area (Å²) in [5.74, 6) is 1.45. The Bertz CT molecular complexity index is 475. The van der Waals surface area contributed by atoms with Crippen molar-refractivity contribution in [2.45, 2.75) is 18.8 Å². The molecule has 0 saturated carbocycles. The van der Waals surface area contributed by atoms with Crippen LogP contribution in [-0.4, -0.2) is 23.1 Å². The van der Waals surface area contributed by atoms with E-state index in [9.17, 15) is 0 Å². The Kier molecular flexibility index (Phi) is 2.88. The third-order valence-corrected chi connectivity index (χ3v) is 3.20. The molecular weight excluding hydrogens is 214 g/mol. The highest BCUT2D eigenvalue weighted by atomic mass is 16.3. The van der Waals surface area contributed by atoms with Crippen molar-refractivity contribution in [2.75, 3.05) is 13.1 Å². The van der Waals surface area contributed by atoms with Gasteiger partial charge in [-0.1, -0.05) is 0 Å². The number of furan rings is 1. The molecular formula is C13H15N3O. The number of hydrogen-bond donors (Lipinski definition) is 1. The molecule has 1 saturated heterocycles. The first-order valence-electron chi connectivity index (χ1n) is 6.00. The van der Waals surface area contributed by atoms with Crippen molar-refractivity contribution < 1.29 is 4.42 Å². The Labute approximate surface area is 100 Å². The van der Waals surface area contributed by atoms with E-state index in [2.05, 4.69) is 15.3 Å². The van der Waals surface area contributed by atoms with Crippen LogP contribution in [0.5, 0.6) is 0 Å².